The van der Waals surface area contributed by atoms with Crippen molar-refractivity contribution in [3.63, 3.8) is 0 Å². The van der Waals surface area contributed by atoms with E-state index in [1.54, 1.807) is 0 Å². The Hall–Kier alpha value is -1.08. The molecule has 0 saturated heterocycles. The van der Waals surface area contributed by atoms with Crippen molar-refractivity contribution in [1.29, 1.82) is 5.26 Å². The maximum absolute atomic E-state index is 11.0. The molecule has 0 bridgehead atoms. The van der Waals surface area contributed by atoms with Crippen molar-refractivity contribution in [3.05, 3.63) is 0 Å². The normalized spacial score (nSPS) is 14.2. The molecule has 0 saturated carbocycles. The third-order valence-electron chi connectivity index (χ3n) is 2.48. The highest BCUT2D eigenvalue weighted by Crippen LogP contribution is 2.09. The lowest BCUT2D eigenvalue weighted by Crippen LogP contribution is -2.42. The summed E-state index contributed by atoms with van der Waals surface area (Å²) in [5, 5.41) is 11.7. The third kappa shape index (κ3) is 6.08. The van der Waals surface area contributed by atoms with E-state index in [4.69, 9.17) is 11.0 Å². The molecule has 0 aromatic heterocycles. The average molecular weight is 211 g/mol. The number of amides is 1. The van der Waals surface area contributed by atoms with Crippen LogP contribution in [0.2, 0.25) is 0 Å². The van der Waals surface area contributed by atoms with Crippen LogP contribution in [0.25, 0.3) is 0 Å². The van der Waals surface area contributed by atoms with E-state index in [1.807, 2.05) is 6.92 Å². The van der Waals surface area contributed by atoms with Gasteiger partial charge in [0.05, 0.1) is 12.1 Å². The van der Waals surface area contributed by atoms with E-state index in [1.165, 1.54) is 0 Å². The SMILES string of the molecule is CCCC(CC#N)CNC(CC)C(N)=O. The molecule has 0 radical (unpaired) electrons. The first-order valence-corrected chi connectivity index (χ1v) is 5.55. The summed E-state index contributed by atoms with van der Waals surface area (Å²) in [6.45, 7) is 4.71. The molecule has 0 aliphatic heterocycles. The van der Waals surface area contributed by atoms with Crippen LogP contribution in [0.15, 0.2) is 0 Å². The van der Waals surface area contributed by atoms with Gasteiger partial charge in [0, 0.05) is 6.42 Å². The first kappa shape index (κ1) is 13.9. The maximum atomic E-state index is 11.0. The lowest BCUT2D eigenvalue weighted by Gasteiger charge is -2.18. The zero-order valence-electron chi connectivity index (χ0n) is 9.62. The second-order valence-electron chi connectivity index (χ2n) is 3.79. The minimum atomic E-state index is -0.315. The van der Waals surface area contributed by atoms with Gasteiger partial charge < -0.3 is 11.1 Å². The average Bonchev–Trinajstić information content (AvgIpc) is 2.18. The highest BCUT2D eigenvalue weighted by Gasteiger charge is 2.14. The Morgan fingerprint density at radius 1 is 1.53 bits per heavy atom. The Bertz CT molecular complexity index is 222. The van der Waals surface area contributed by atoms with Gasteiger partial charge in [0.15, 0.2) is 0 Å². The lowest BCUT2D eigenvalue weighted by molar-refractivity contribution is -0.120. The summed E-state index contributed by atoms with van der Waals surface area (Å²) in [6.07, 6.45) is 3.30. The third-order valence-corrected chi connectivity index (χ3v) is 2.48. The molecule has 0 aromatic rings. The second kappa shape index (κ2) is 8.25. The van der Waals surface area contributed by atoms with Crippen LogP contribution in [0.4, 0.5) is 0 Å². The zero-order chi connectivity index (χ0) is 11.7. The summed E-state index contributed by atoms with van der Waals surface area (Å²) < 4.78 is 0. The topological polar surface area (TPSA) is 78.9 Å². The number of rotatable bonds is 8. The summed E-state index contributed by atoms with van der Waals surface area (Å²) >= 11 is 0. The van der Waals surface area contributed by atoms with Crippen LogP contribution >= 0.6 is 0 Å². The van der Waals surface area contributed by atoms with Crippen molar-refractivity contribution < 1.29 is 4.79 Å². The number of hydrogen-bond acceptors (Lipinski definition) is 3. The Kier molecular flexibility index (Phi) is 7.65. The number of nitrogens with zero attached hydrogens (tertiary/aromatic N) is 1. The molecule has 15 heavy (non-hydrogen) atoms. The van der Waals surface area contributed by atoms with Crippen molar-refractivity contribution in [2.24, 2.45) is 11.7 Å². The number of primary amides is 1. The minimum absolute atomic E-state index is 0.261. The van der Waals surface area contributed by atoms with Gasteiger partial charge in [0.2, 0.25) is 5.91 Å². The largest absolute Gasteiger partial charge is 0.368 e. The van der Waals surface area contributed by atoms with Gasteiger partial charge in [-0.15, -0.1) is 0 Å². The number of hydrogen-bond donors (Lipinski definition) is 2. The van der Waals surface area contributed by atoms with Crippen LogP contribution in [-0.4, -0.2) is 18.5 Å². The van der Waals surface area contributed by atoms with E-state index < -0.39 is 0 Å². The molecule has 2 atom stereocenters. The van der Waals surface area contributed by atoms with Gasteiger partial charge in [-0.3, -0.25) is 4.79 Å². The van der Waals surface area contributed by atoms with Crippen molar-refractivity contribution in [1.82, 2.24) is 5.32 Å². The fourth-order valence-electron chi connectivity index (χ4n) is 1.57. The molecule has 2 unspecified atom stereocenters. The standard InChI is InChI=1S/C11H21N3O/c1-3-5-9(6-7-12)8-14-10(4-2)11(13)15/h9-10,14H,3-6,8H2,1-2H3,(H2,13,15). The maximum Gasteiger partial charge on any atom is 0.234 e. The van der Waals surface area contributed by atoms with Crippen molar-refractivity contribution in [3.8, 4) is 6.07 Å². The number of carbonyl (C=O) groups excluding carboxylic acids is 1. The van der Waals surface area contributed by atoms with E-state index in [0.29, 0.717) is 25.3 Å². The summed E-state index contributed by atoms with van der Waals surface area (Å²) in [6, 6.07) is 1.91. The fourth-order valence-corrected chi connectivity index (χ4v) is 1.57. The predicted octanol–water partition coefficient (Wildman–Crippen LogP) is 1.17. The van der Waals surface area contributed by atoms with Gasteiger partial charge in [-0.1, -0.05) is 20.3 Å². The molecule has 3 N–H and O–H groups in total. The summed E-state index contributed by atoms with van der Waals surface area (Å²) in [5.74, 6) is 0.0121. The quantitative estimate of drug-likeness (QED) is 0.632. The van der Waals surface area contributed by atoms with Gasteiger partial charge in [-0.05, 0) is 25.3 Å². The Balaban J connectivity index is 3.96. The van der Waals surface area contributed by atoms with Gasteiger partial charge in [-0.25, -0.2) is 0 Å². The number of nitrogens with two attached hydrogens (primary N) is 1. The molecule has 1 amide bonds. The highest BCUT2D eigenvalue weighted by atomic mass is 16.1. The Morgan fingerprint density at radius 2 is 2.20 bits per heavy atom. The molecule has 4 heteroatoms. The Morgan fingerprint density at radius 3 is 2.60 bits per heavy atom. The number of nitriles is 1. The number of nitrogens with one attached hydrogen (secondary N) is 1. The van der Waals surface area contributed by atoms with Crippen LogP contribution in [0.5, 0.6) is 0 Å². The monoisotopic (exact) mass is 211 g/mol. The van der Waals surface area contributed by atoms with Crippen LogP contribution in [0.1, 0.15) is 39.5 Å². The first-order chi connectivity index (χ1) is 7.15. The van der Waals surface area contributed by atoms with E-state index in [9.17, 15) is 4.79 Å². The molecule has 0 aliphatic carbocycles. The lowest BCUT2D eigenvalue weighted by atomic mass is 10.00. The molecule has 0 heterocycles. The van der Waals surface area contributed by atoms with Crippen LogP contribution < -0.4 is 11.1 Å². The summed E-state index contributed by atoms with van der Waals surface area (Å²) in [5.41, 5.74) is 5.21. The molecule has 0 spiro atoms. The van der Waals surface area contributed by atoms with Gasteiger partial charge in [-0.2, -0.15) is 5.26 Å². The van der Waals surface area contributed by atoms with Crippen LogP contribution in [0.3, 0.4) is 0 Å². The zero-order valence-corrected chi connectivity index (χ0v) is 9.62. The Labute approximate surface area is 91.8 Å². The summed E-state index contributed by atoms with van der Waals surface area (Å²) in [4.78, 5) is 11.0. The molecular weight excluding hydrogens is 190 g/mol. The van der Waals surface area contributed by atoms with Gasteiger partial charge >= 0.3 is 0 Å². The molecule has 0 fully saturated rings. The molecular formula is C11H21N3O. The van der Waals surface area contributed by atoms with Crippen molar-refractivity contribution in [2.75, 3.05) is 6.54 Å². The van der Waals surface area contributed by atoms with Crippen molar-refractivity contribution >= 4 is 5.91 Å². The van der Waals surface area contributed by atoms with Gasteiger partial charge in [0.25, 0.3) is 0 Å². The van der Waals surface area contributed by atoms with E-state index in [-0.39, 0.29) is 11.9 Å². The highest BCUT2D eigenvalue weighted by molar-refractivity contribution is 5.79. The first-order valence-electron chi connectivity index (χ1n) is 5.55. The van der Waals surface area contributed by atoms with Crippen LogP contribution in [-0.2, 0) is 4.79 Å². The van der Waals surface area contributed by atoms with E-state index in [0.717, 1.165) is 12.8 Å². The molecule has 86 valence electrons. The van der Waals surface area contributed by atoms with E-state index in [2.05, 4.69) is 18.3 Å². The predicted molar refractivity (Wildman–Crippen MR) is 59.9 cm³/mol. The second-order valence-corrected chi connectivity index (χ2v) is 3.79. The molecule has 0 rings (SSSR count). The fraction of sp³-hybridized carbons (Fsp3) is 0.818. The molecule has 0 aromatic carbocycles. The molecule has 0 aliphatic rings. The van der Waals surface area contributed by atoms with Crippen molar-refractivity contribution in [2.45, 2.75) is 45.6 Å². The molecule has 4 nitrogen and oxygen atoms in total. The number of carbonyl (C=O) groups is 1. The smallest absolute Gasteiger partial charge is 0.234 e. The van der Waals surface area contributed by atoms with Crippen LogP contribution in [0, 0.1) is 17.2 Å². The minimum Gasteiger partial charge on any atom is -0.368 e. The van der Waals surface area contributed by atoms with E-state index >= 15 is 0 Å². The summed E-state index contributed by atoms with van der Waals surface area (Å²) in [7, 11) is 0. The van der Waals surface area contributed by atoms with Gasteiger partial charge in [0.1, 0.15) is 0 Å².